The Morgan fingerprint density at radius 3 is 2.84 bits per heavy atom. The number of ketones is 1. The predicted molar refractivity (Wildman–Crippen MR) is 69.8 cm³/mol. The Balaban J connectivity index is 2.08. The maximum atomic E-state index is 13.9. The van der Waals surface area contributed by atoms with Crippen LogP contribution in [0.2, 0.25) is 0 Å². The zero-order valence-electron chi connectivity index (χ0n) is 10.6. The molecule has 2 aromatic rings. The van der Waals surface area contributed by atoms with Crippen LogP contribution in [0.4, 0.5) is 4.39 Å². The van der Waals surface area contributed by atoms with E-state index < -0.39 is 5.82 Å². The van der Waals surface area contributed by atoms with Crippen LogP contribution in [-0.4, -0.2) is 17.9 Å². The molecule has 0 aliphatic heterocycles. The van der Waals surface area contributed by atoms with Crippen LogP contribution >= 0.6 is 0 Å². The minimum Gasteiger partial charge on any atom is -0.494 e. The van der Waals surface area contributed by atoms with Crippen LogP contribution in [-0.2, 0) is 6.42 Å². The van der Waals surface area contributed by atoms with E-state index >= 15 is 0 Å². The monoisotopic (exact) mass is 259 g/mol. The summed E-state index contributed by atoms with van der Waals surface area (Å²) < 4.78 is 18.8. The number of carbonyl (C=O) groups excluding carboxylic acids is 1. The van der Waals surface area contributed by atoms with Crippen molar-refractivity contribution in [3.8, 4) is 5.75 Å². The van der Waals surface area contributed by atoms with Crippen LogP contribution in [0.1, 0.15) is 22.3 Å². The molecule has 0 bridgehead atoms. The third-order valence-corrected chi connectivity index (χ3v) is 2.85. The summed E-state index contributed by atoms with van der Waals surface area (Å²) in [6.07, 6.45) is 4.17. The quantitative estimate of drug-likeness (QED) is 0.775. The van der Waals surface area contributed by atoms with E-state index in [1.54, 1.807) is 18.5 Å². The number of carbonyl (C=O) groups is 1. The lowest BCUT2D eigenvalue weighted by Crippen LogP contribution is -2.05. The minimum atomic E-state index is -0.596. The summed E-state index contributed by atoms with van der Waals surface area (Å²) in [5, 5.41) is 0. The smallest absolute Gasteiger partial charge is 0.175 e. The molecule has 98 valence electrons. The van der Waals surface area contributed by atoms with Gasteiger partial charge in [-0.2, -0.15) is 0 Å². The molecule has 0 spiro atoms. The van der Waals surface area contributed by atoms with Crippen LogP contribution in [0.5, 0.6) is 5.75 Å². The molecule has 4 heteroatoms. The number of nitrogens with zero attached hydrogens (tertiary/aromatic N) is 1. The zero-order chi connectivity index (χ0) is 13.7. The Morgan fingerprint density at radius 1 is 1.32 bits per heavy atom. The van der Waals surface area contributed by atoms with Gasteiger partial charge in [0, 0.05) is 18.8 Å². The van der Waals surface area contributed by atoms with Crippen molar-refractivity contribution in [1.82, 2.24) is 4.98 Å². The number of methoxy groups -OCH3 is 1. The number of rotatable bonds is 5. The highest BCUT2D eigenvalue weighted by Crippen LogP contribution is 2.21. The van der Waals surface area contributed by atoms with E-state index in [0.29, 0.717) is 6.42 Å². The summed E-state index contributed by atoms with van der Waals surface area (Å²) in [4.78, 5) is 16.0. The van der Waals surface area contributed by atoms with Gasteiger partial charge in [-0.15, -0.1) is 0 Å². The van der Waals surface area contributed by atoms with E-state index in [2.05, 4.69) is 4.98 Å². The second kappa shape index (κ2) is 6.09. The summed E-state index contributed by atoms with van der Waals surface area (Å²) in [5.74, 6) is -0.742. The van der Waals surface area contributed by atoms with Gasteiger partial charge < -0.3 is 4.74 Å². The SMILES string of the molecule is COc1cccc(C(=O)CCc2cccnc2)c1F. The Kier molecular flexibility index (Phi) is 4.23. The zero-order valence-corrected chi connectivity index (χ0v) is 10.6. The molecule has 1 heterocycles. The Labute approximate surface area is 111 Å². The molecule has 0 radical (unpaired) electrons. The summed E-state index contributed by atoms with van der Waals surface area (Å²) in [7, 11) is 1.38. The summed E-state index contributed by atoms with van der Waals surface area (Å²) >= 11 is 0. The molecular weight excluding hydrogens is 245 g/mol. The van der Waals surface area contributed by atoms with E-state index in [-0.39, 0.29) is 23.5 Å². The molecular formula is C15H14FNO2. The van der Waals surface area contributed by atoms with Crippen molar-refractivity contribution in [2.45, 2.75) is 12.8 Å². The number of aromatic nitrogens is 1. The fourth-order valence-electron chi connectivity index (χ4n) is 1.82. The van der Waals surface area contributed by atoms with Crippen molar-refractivity contribution in [2.24, 2.45) is 0 Å². The molecule has 2 rings (SSSR count). The Morgan fingerprint density at radius 2 is 2.16 bits per heavy atom. The van der Waals surface area contributed by atoms with E-state index in [4.69, 9.17) is 4.74 Å². The number of aryl methyl sites for hydroxylation is 1. The second-order valence-electron chi connectivity index (χ2n) is 4.11. The number of pyridine rings is 1. The van der Waals surface area contributed by atoms with Crippen LogP contribution in [0.15, 0.2) is 42.7 Å². The van der Waals surface area contributed by atoms with Crippen molar-refractivity contribution in [3.05, 3.63) is 59.7 Å². The lowest BCUT2D eigenvalue weighted by Gasteiger charge is -2.06. The molecule has 0 saturated heterocycles. The van der Waals surface area contributed by atoms with Crippen molar-refractivity contribution < 1.29 is 13.9 Å². The molecule has 0 unspecified atom stereocenters. The number of halogens is 1. The summed E-state index contributed by atoms with van der Waals surface area (Å²) in [6.45, 7) is 0. The first kappa shape index (κ1) is 13.2. The molecule has 0 aliphatic carbocycles. The molecule has 0 atom stereocenters. The highest BCUT2D eigenvalue weighted by Gasteiger charge is 2.15. The number of hydrogen-bond donors (Lipinski definition) is 0. The van der Waals surface area contributed by atoms with Gasteiger partial charge in [-0.05, 0) is 30.2 Å². The molecule has 3 nitrogen and oxygen atoms in total. The molecule has 0 N–H and O–H groups in total. The molecule has 0 saturated carbocycles. The average molecular weight is 259 g/mol. The largest absolute Gasteiger partial charge is 0.494 e. The van der Waals surface area contributed by atoms with Crippen molar-refractivity contribution in [3.63, 3.8) is 0 Å². The fourth-order valence-corrected chi connectivity index (χ4v) is 1.82. The van der Waals surface area contributed by atoms with E-state index in [1.807, 2.05) is 12.1 Å². The molecule has 1 aromatic carbocycles. The van der Waals surface area contributed by atoms with Gasteiger partial charge in [-0.1, -0.05) is 12.1 Å². The summed E-state index contributed by atoms with van der Waals surface area (Å²) in [6, 6.07) is 8.28. The topological polar surface area (TPSA) is 39.2 Å². The molecule has 0 amide bonds. The van der Waals surface area contributed by atoms with Crippen LogP contribution in [0.25, 0.3) is 0 Å². The first-order valence-electron chi connectivity index (χ1n) is 5.97. The highest BCUT2D eigenvalue weighted by molar-refractivity contribution is 5.96. The van der Waals surface area contributed by atoms with Gasteiger partial charge in [0.15, 0.2) is 17.3 Å². The third-order valence-electron chi connectivity index (χ3n) is 2.85. The minimum absolute atomic E-state index is 0.0724. The maximum Gasteiger partial charge on any atom is 0.175 e. The van der Waals surface area contributed by atoms with Gasteiger partial charge in [0.25, 0.3) is 0 Å². The fraction of sp³-hybridized carbons (Fsp3) is 0.200. The van der Waals surface area contributed by atoms with Gasteiger partial charge in [0.05, 0.1) is 12.7 Å². The number of Topliss-reactive ketones (excluding diaryl/α,β-unsaturated/α-hetero) is 1. The highest BCUT2D eigenvalue weighted by atomic mass is 19.1. The van der Waals surface area contributed by atoms with Crippen LogP contribution in [0, 0.1) is 5.82 Å². The first-order chi connectivity index (χ1) is 9.22. The number of hydrogen-bond acceptors (Lipinski definition) is 3. The Bertz CT molecular complexity index is 570. The van der Waals surface area contributed by atoms with Gasteiger partial charge in [-0.3, -0.25) is 9.78 Å². The van der Waals surface area contributed by atoms with Crippen LogP contribution in [0.3, 0.4) is 0 Å². The van der Waals surface area contributed by atoms with E-state index in [0.717, 1.165) is 5.56 Å². The number of benzene rings is 1. The van der Waals surface area contributed by atoms with Gasteiger partial charge >= 0.3 is 0 Å². The standard InChI is InChI=1S/C15H14FNO2/c1-19-14-6-2-5-12(15(14)16)13(18)8-7-11-4-3-9-17-10-11/h2-6,9-10H,7-8H2,1H3. The predicted octanol–water partition coefficient (Wildman–Crippen LogP) is 3.04. The third kappa shape index (κ3) is 3.16. The van der Waals surface area contributed by atoms with Gasteiger partial charge in [0.1, 0.15) is 0 Å². The molecule has 19 heavy (non-hydrogen) atoms. The van der Waals surface area contributed by atoms with Crippen LogP contribution < -0.4 is 4.74 Å². The number of ether oxygens (including phenoxy) is 1. The summed E-state index contributed by atoms with van der Waals surface area (Å²) in [5.41, 5.74) is 1.03. The van der Waals surface area contributed by atoms with Crippen molar-refractivity contribution in [2.75, 3.05) is 7.11 Å². The first-order valence-corrected chi connectivity index (χ1v) is 5.97. The van der Waals surface area contributed by atoms with E-state index in [1.165, 1.54) is 19.2 Å². The van der Waals surface area contributed by atoms with Gasteiger partial charge in [-0.25, -0.2) is 4.39 Å². The molecule has 0 aliphatic rings. The maximum absolute atomic E-state index is 13.9. The average Bonchev–Trinajstić information content (AvgIpc) is 2.46. The van der Waals surface area contributed by atoms with E-state index in [9.17, 15) is 9.18 Å². The van der Waals surface area contributed by atoms with Crippen molar-refractivity contribution >= 4 is 5.78 Å². The Hall–Kier alpha value is -2.23. The second-order valence-corrected chi connectivity index (χ2v) is 4.11. The lowest BCUT2D eigenvalue weighted by atomic mass is 10.0. The lowest BCUT2D eigenvalue weighted by molar-refractivity contribution is 0.0978. The van der Waals surface area contributed by atoms with Gasteiger partial charge in [0.2, 0.25) is 0 Å². The molecule has 0 fully saturated rings. The van der Waals surface area contributed by atoms with Crippen molar-refractivity contribution in [1.29, 1.82) is 0 Å². The molecule has 1 aromatic heterocycles. The normalized spacial score (nSPS) is 10.2.